The highest BCUT2D eigenvalue weighted by Gasteiger charge is 2.09. The van der Waals surface area contributed by atoms with Crippen molar-refractivity contribution >= 4 is 28.6 Å². The minimum atomic E-state index is 0.789. The lowest BCUT2D eigenvalue weighted by molar-refractivity contribution is 1.28. The molecule has 0 fully saturated rings. The van der Waals surface area contributed by atoms with Crippen LogP contribution in [0.5, 0.6) is 0 Å². The molecule has 3 rings (SSSR count). The minimum absolute atomic E-state index is 0.789. The molecule has 0 saturated heterocycles. The molecule has 2 aromatic heterocycles. The number of hydrogen-bond donors (Lipinski definition) is 2. The number of aliphatic imine (C=N–C) groups is 1. The smallest absolute Gasteiger partial charge is 0.139 e. The normalized spacial score (nSPS) is 14.2. The Bertz CT molecular complexity index is 483. The zero-order valence-corrected chi connectivity index (χ0v) is 6.91. The van der Waals surface area contributed by atoms with E-state index in [0.29, 0.717) is 0 Å². The standard InChI is InChI=1S/C9H8N4/c1-2-12-9-6(1)8-7(5-13-9)10-3-4-11-8/h1-3,5,11H,4H2,(H,12,13). The second-order valence-corrected chi connectivity index (χ2v) is 2.95. The van der Waals surface area contributed by atoms with Crippen LogP contribution in [0.3, 0.4) is 0 Å². The Balaban J connectivity index is 2.42. The van der Waals surface area contributed by atoms with Gasteiger partial charge in [-0.2, -0.15) is 0 Å². The van der Waals surface area contributed by atoms with Gasteiger partial charge in [0.2, 0.25) is 0 Å². The Morgan fingerprint density at radius 2 is 2.38 bits per heavy atom. The van der Waals surface area contributed by atoms with Gasteiger partial charge in [0, 0.05) is 17.8 Å². The third-order valence-corrected chi connectivity index (χ3v) is 2.17. The monoisotopic (exact) mass is 172 g/mol. The molecule has 64 valence electrons. The first-order chi connectivity index (χ1) is 6.45. The van der Waals surface area contributed by atoms with E-state index in [4.69, 9.17) is 0 Å². The first kappa shape index (κ1) is 6.65. The van der Waals surface area contributed by atoms with Crippen LogP contribution < -0.4 is 5.32 Å². The van der Waals surface area contributed by atoms with E-state index in [9.17, 15) is 0 Å². The predicted octanol–water partition coefficient (Wildman–Crippen LogP) is 1.69. The molecule has 0 bridgehead atoms. The highest BCUT2D eigenvalue weighted by Crippen LogP contribution is 2.32. The van der Waals surface area contributed by atoms with Crippen LogP contribution in [0.4, 0.5) is 11.4 Å². The number of fused-ring (bicyclic) bond motifs is 3. The van der Waals surface area contributed by atoms with Gasteiger partial charge in [0.15, 0.2) is 0 Å². The Kier molecular flexibility index (Phi) is 1.19. The van der Waals surface area contributed by atoms with Crippen LogP contribution in [0.25, 0.3) is 11.0 Å². The highest BCUT2D eigenvalue weighted by atomic mass is 15.0. The van der Waals surface area contributed by atoms with Crippen LogP contribution in [0.2, 0.25) is 0 Å². The fourth-order valence-corrected chi connectivity index (χ4v) is 1.57. The molecule has 13 heavy (non-hydrogen) atoms. The van der Waals surface area contributed by atoms with Gasteiger partial charge in [-0.3, -0.25) is 4.99 Å². The molecule has 0 spiro atoms. The van der Waals surface area contributed by atoms with Crippen molar-refractivity contribution in [3.63, 3.8) is 0 Å². The van der Waals surface area contributed by atoms with Crippen LogP contribution in [-0.4, -0.2) is 22.7 Å². The van der Waals surface area contributed by atoms with E-state index in [2.05, 4.69) is 20.3 Å². The summed E-state index contributed by atoms with van der Waals surface area (Å²) in [5.74, 6) is 0. The molecule has 4 heteroatoms. The van der Waals surface area contributed by atoms with Crippen LogP contribution in [-0.2, 0) is 0 Å². The van der Waals surface area contributed by atoms with E-state index in [1.165, 1.54) is 0 Å². The van der Waals surface area contributed by atoms with Crippen molar-refractivity contribution in [2.45, 2.75) is 0 Å². The molecule has 2 N–H and O–H groups in total. The van der Waals surface area contributed by atoms with Crippen molar-refractivity contribution in [3.05, 3.63) is 18.5 Å². The van der Waals surface area contributed by atoms with Crippen molar-refractivity contribution in [2.24, 2.45) is 4.99 Å². The van der Waals surface area contributed by atoms with Gasteiger partial charge in [-0.05, 0) is 6.07 Å². The van der Waals surface area contributed by atoms with Gasteiger partial charge < -0.3 is 10.3 Å². The maximum Gasteiger partial charge on any atom is 0.139 e. The molecular weight excluding hydrogens is 164 g/mol. The van der Waals surface area contributed by atoms with Gasteiger partial charge in [-0.25, -0.2) is 4.98 Å². The van der Waals surface area contributed by atoms with Crippen LogP contribution >= 0.6 is 0 Å². The van der Waals surface area contributed by atoms with Crippen molar-refractivity contribution in [1.82, 2.24) is 9.97 Å². The summed E-state index contributed by atoms with van der Waals surface area (Å²) in [6.45, 7) is 0.789. The van der Waals surface area contributed by atoms with Gasteiger partial charge in [0.25, 0.3) is 0 Å². The molecule has 1 aliphatic heterocycles. The summed E-state index contributed by atoms with van der Waals surface area (Å²) in [5, 5.41) is 4.39. The highest BCUT2D eigenvalue weighted by molar-refractivity contribution is 5.98. The number of nitrogens with zero attached hydrogens (tertiary/aromatic N) is 2. The minimum Gasteiger partial charge on any atom is -0.378 e. The summed E-state index contributed by atoms with van der Waals surface area (Å²) in [5.41, 5.74) is 2.90. The molecule has 4 nitrogen and oxygen atoms in total. The first-order valence-corrected chi connectivity index (χ1v) is 4.17. The number of H-pyrrole nitrogens is 1. The number of hydrogen-bond acceptors (Lipinski definition) is 3. The van der Waals surface area contributed by atoms with E-state index < -0.39 is 0 Å². The maximum atomic E-state index is 4.26. The lowest BCUT2D eigenvalue weighted by atomic mass is 10.2. The van der Waals surface area contributed by atoms with E-state index in [1.807, 2.05) is 18.5 Å². The van der Waals surface area contributed by atoms with E-state index >= 15 is 0 Å². The third-order valence-electron chi connectivity index (χ3n) is 2.17. The van der Waals surface area contributed by atoms with Crippen molar-refractivity contribution in [2.75, 3.05) is 11.9 Å². The number of rotatable bonds is 0. The summed E-state index contributed by atoms with van der Waals surface area (Å²) in [7, 11) is 0. The second-order valence-electron chi connectivity index (χ2n) is 2.95. The topological polar surface area (TPSA) is 53.1 Å². The fourth-order valence-electron chi connectivity index (χ4n) is 1.57. The second kappa shape index (κ2) is 2.32. The molecule has 0 saturated carbocycles. The Hall–Kier alpha value is -1.84. The number of aromatic amines is 1. The summed E-state index contributed by atoms with van der Waals surface area (Å²) in [6, 6.07) is 2.01. The lowest BCUT2D eigenvalue weighted by Gasteiger charge is -2.11. The van der Waals surface area contributed by atoms with Crippen LogP contribution in [0.1, 0.15) is 0 Å². The Labute approximate surface area is 74.7 Å². The Morgan fingerprint density at radius 3 is 3.38 bits per heavy atom. The van der Waals surface area contributed by atoms with Crippen LogP contribution in [0.15, 0.2) is 23.5 Å². The van der Waals surface area contributed by atoms with Crippen molar-refractivity contribution < 1.29 is 0 Å². The Morgan fingerprint density at radius 1 is 1.38 bits per heavy atom. The molecule has 0 amide bonds. The molecule has 3 heterocycles. The summed E-state index contributed by atoms with van der Waals surface area (Å²) < 4.78 is 0. The van der Waals surface area contributed by atoms with Gasteiger partial charge in [0.05, 0.1) is 18.4 Å². The van der Waals surface area contributed by atoms with Crippen molar-refractivity contribution in [3.8, 4) is 0 Å². The van der Waals surface area contributed by atoms with Gasteiger partial charge in [-0.15, -0.1) is 0 Å². The number of pyridine rings is 1. The number of nitrogens with one attached hydrogen (secondary N) is 2. The number of aromatic nitrogens is 2. The molecule has 0 radical (unpaired) electrons. The molecule has 0 aliphatic carbocycles. The quantitative estimate of drug-likeness (QED) is 0.635. The fraction of sp³-hybridized carbons (Fsp3) is 0.111. The average molecular weight is 172 g/mol. The summed E-state index contributed by atoms with van der Waals surface area (Å²) in [6.07, 6.45) is 5.51. The molecule has 2 aromatic rings. The van der Waals surface area contributed by atoms with Gasteiger partial charge in [0.1, 0.15) is 11.3 Å². The summed E-state index contributed by atoms with van der Waals surface area (Å²) >= 11 is 0. The largest absolute Gasteiger partial charge is 0.378 e. The molecule has 0 atom stereocenters. The first-order valence-electron chi connectivity index (χ1n) is 4.17. The number of anilines is 1. The third kappa shape index (κ3) is 0.853. The molecule has 1 aliphatic rings. The van der Waals surface area contributed by atoms with Crippen LogP contribution in [0, 0.1) is 0 Å². The molecule has 0 aromatic carbocycles. The van der Waals surface area contributed by atoms with E-state index in [0.717, 1.165) is 29.0 Å². The van der Waals surface area contributed by atoms with E-state index in [-0.39, 0.29) is 0 Å². The average Bonchev–Trinajstić information content (AvgIpc) is 2.65. The SMILES string of the molecule is C1=Nc2cnc3[nH]ccc3c2NC1. The lowest BCUT2D eigenvalue weighted by Crippen LogP contribution is -2.07. The molecule has 0 unspecified atom stereocenters. The maximum absolute atomic E-state index is 4.26. The summed E-state index contributed by atoms with van der Waals surface area (Å²) in [4.78, 5) is 11.6. The van der Waals surface area contributed by atoms with Crippen molar-refractivity contribution in [1.29, 1.82) is 0 Å². The van der Waals surface area contributed by atoms with Gasteiger partial charge in [-0.1, -0.05) is 0 Å². The molecular formula is C9H8N4. The van der Waals surface area contributed by atoms with Gasteiger partial charge >= 0.3 is 0 Å². The zero-order valence-electron chi connectivity index (χ0n) is 6.91. The van der Waals surface area contributed by atoms with E-state index in [1.54, 1.807) is 6.20 Å². The zero-order chi connectivity index (χ0) is 8.67. The predicted molar refractivity (Wildman–Crippen MR) is 52.7 cm³/mol.